The Bertz CT molecular complexity index is 456. The molecule has 1 rings (SSSR count). The van der Waals surface area contributed by atoms with Crippen molar-refractivity contribution in [1.82, 2.24) is 0 Å². The molecule has 0 radical (unpaired) electrons. The lowest BCUT2D eigenvalue weighted by Crippen LogP contribution is -2.27. The summed E-state index contributed by atoms with van der Waals surface area (Å²) < 4.78 is 45.5. The topological polar surface area (TPSA) is 52.6 Å². The van der Waals surface area contributed by atoms with Crippen LogP contribution in [0.1, 0.15) is 24.5 Å². The highest BCUT2D eigenvalue weighted by atomic mass is 19.4. The van der Waals surface area contributed by atoms with Gasteiger partial charge in [0.2, 0.25) is 0 Å². The van der Waals surface area contributed by atoms with Crippen LogP contribution in [0.2, 0.25) is 0 Å². The molecule has 0 aliphatic rings. The van der Waals surface area contributed by atoms with Crippen LogP contribution in [0.25, 0.3) is 0 Å². The lowest BCUT2D eigenvalue weighted by atomic mass is 10.0. The highest BCUT2D eigenvalue weighted by Gasteiger charge is 2.42. The van der Waals surface area contributed by atoms with E-state index in [1.54, 1.807) is 18.2 Å². The molecule has 0 aliphatic heterocycles. The normalized spacial score (nSPS) is 12.6. The number of hydrogen-bond donors (Lipinski definition) is 0. The van der Waals surface area contributed by atoms with Gasteiger partial charge in [-0.3, -0.25) is 4.79 Å². The summed E-state index contributed by atoms with van der Waals surface area (Å²) in [4.78, 5) is 21.9. The van der Waals surface area contributed by atoms with E-state index in [0.29, 0.717) is 5.56 Å². The molecule has 0 saturated carbocycles. The van der Waals surface area contributed by atoms with E-state index in [1.807, 2.05) is 0 Å². The summed E-state index contributed by atoms with van der Waals surface area (Å²) in [5.41, 5.74) is 0.383. The molecule has 0 aromatic heterocycles. The van der Waals surface area contributed by atoms with Gasteiger partial charge >= 0.3 is 18.1 Å². The summed E-state index contributed by atoms with van der Waals surface area (Å²) in [5.74, 6) is -2.87. The first kappa shape index (κ1) is 16.0. The van der Waals surface area contributed by atoms with Gasteiger partial charge in [-0.15, -0.1) is 0 Å². The first-order valence-electron chi connectivity index (χ1n) is 5.74. The molecule has 1 aromatic carbocycles. The lowest BCUT2D eigenvalue weighted by Gasteiger charge is -2.18. The van der Waals surface area contributed by atoms with Gasteiger partial charge in [0.05, 0.1) is 7.11 Å². The maximum Gasteiger partial charge on any atom is 0.490 e. The summed E-state index contributed by atoms with van der Waals surface area (Å²) >= 11 is 0. The van der Waals surface area contributed by atoms with E-state index in [9.17, 15) is 22.8 Å². The highest BCUT2D eigenvalue weighted by molar-refractivity contribution is 5.76. The minimum absolute atomic E-state index is 0.0848. The number of benzene rings is 1. The first-order valence-corrected chi connectivity index (χ1v) is 5.74. The first-order chi connectivity index (χ1) is 9.34. The van der Waals surface area contributed by atoms with Crippen LogP contribution >= 0.6 is 0 Å². The lowest BCUT2D eigenvalue weighted by molar-refractivity contribution is -0.205. The van der Waals surface area contributed by atoms with Crippen molar-refractivity contribution < 1.29 is 32.2 Å². The van der Waals surface area contributed by atoms with Crippen LogP contribution in [0.5, 0.6) is 0 Å². The van der Waals surface area contributed by atoms with Gasteiger partial charge in [0.15, 0.2) is 0 Å². The summed E-state index contributed by atoms with van der Waals surface area (Å²) in [7, 11) is 1.17. The van der Waals surface area contributed by atoms with Crippen LogP contribution in [0, 0.1) is 0 Å². The van der Waals surface area contributed by atoms with E-state index in [2.05, 4.69) is 9.47 Å². The summed E-state index contributed by atoms with van der Waals surface area (Å²) in [6.07, 6.45) is -6.46. The highest BCUT2D eigenvalue weighted by Crippen LogP contribution is 2.27. The molecule has 0 saturated heterocycles. The van der Waals surface area contributed by atoms with Gasteiger partial charge in [0.25, 0.3) is 0 Å². The monoisotopic (exact) mass is 290 g/mol. The predicted octanol–water partition coefficient (Wildman–Crippen LogP) is 2.79. The molecule has 1 aromatic rings. The molecule has 7 heteroatoms. The molecule has 0 spiro atoms. The molecule has 0 N–H and O–H groups in total. The van der Waals surface area contributed by atoms with E-state index in [0.717, 1.165) is 0 Å². The number of halogens is 3. The Kier molecular flexibility index (Phi) is 5.54. The zero-order valence-electron chi connectivity index (χ0n) is 10.6. The Morgan fingerprint density at radius 3 is 2.30 bits per heavy atom. The summed E-state index contributed by atoms with van der Waals surface area (Å²) in [6, 6.07) is 7.91. The second-order valence-corrected chi connectivity index (χ2v) is 3.92. The van der Waals surface area contributed by atoms with E-state index in [1.165, 1.54) is 19.2 Å². The number of methoxy groups -OCH3 is 1. The third-order valence-electron chi connectivity index (χ3n) is 2.49. The smallest absolute Gasteiger partial charge is 0.469 e. The van der Waals surface area contributed by atoms with Crippen LogP contribution in [0.4, 0.5) is 13.2 Å². The van der Waals surface area contributed by atoms with Gasteiger partial charge in [-0.1, -0.05) is 30.3 Å². The predicted molar refractivity (Wildman–Crippen MR) is 62.6 cm³/mol. The zero-order chi connectivity index (χ0) is 15.2. The van der Waals surface area contributed by atoms with Gasteiger partial charge < -0.3 is 9.47 Å². The molecule has 0 amide bonds. The second kappa shape index (κ2) is 6.93. The van der Waals surface area contributed by atoms with Crippen LogP contribution in [-0.2, 0) is 19.1 Å². The number of ether oxygens (including phenoxy) is 2. The molecule has 20 heavy (non-hydrogen) atoms. The Balaban J connectivity index is 2.80. The minimum Gasteiger partial charge on any atom is -0.469 e. The molecule has 0 aliphatic carbocycles. The van der Waals surface area contributed by atoms with E-state index >= 15 is 0 Å². The van der Waals surface area contributed by atoms with Crippen molar-refractivity contribution in [1.29, 1.82) is 0 Å². The van der Waals surface area contributed by atoms with Crippen molar-refractivity contribution in [2.45, 2.75) is 25.1 Å². The average molecular weight is 290 g/mol. The number of rotatable bonds is 5. The number of alkyl halides is 3. The molecule has 1 atom stereocenters. The minimum atomic E-state index is -5.07. The van der Waals surface area contributed by atoms with Crippen molar-refractivity contribution in [2.24, 2.45) is 0 Å². The molecule has 4 nitrogen and oxygen atoms in total. The number of hydrogen-bond acceptors (Lipinski definition) is 4. The molecule has 1 unspecified atom stereocenters. The number of esters is 2. The summed E-state index contributed by atoms with van der Waals surface area (Å²) in [6.45, 7) is 0. The van der Waals surface area contributed by atoms with Crippen molar-refractivity contribution in [2.75, 3.05) is 7.11 Å². The number of carbonyl (C=O) groups excluding carboxylic acids is 2. The summed E-state index contributed by atoms with van der Waals surface area (Å²) in [5, 5.41) is 0. The van der Waals surface area contributed by atoms with Crippen LogP contribution in [0.15, 0.2) is 30.3 Å². The van der Waals surface area contributed by atoms with Gasteiger partial charge in [-0.05, 0) is 12.0 Å². The van der Waals surface area contributed by atoms with Crippen molar-refractivity contribution in [3.05, 3.63) is 35.9 Å². The van der Waals surface area contributed by atoms with Gasteiger partial charge in [0.1, 0.15) is 6.10 Å². The Hall–Kier alpha value is -2.05. The van der Waals surface area contributed by atoms with Crippen LogP contribution in [0.3, 0.4) is 0 Å². The molecule has 110 valence electrons. The molecule has 0 fully saturated rings. The Labute approximate surface area is 113 Å². The standard InChI is InChI=1S/C13H13F3O4/c1-19-11(17)8-7-10(9-5-3-2-4-6-9)20-12(18)13(14,15)16/h2-6,10H,7-8H2,1H3. The Morgan fingerprint density at radius 1 is 1.20 bits per heavy atom. The van der Waals surface area contributed by atoms with Crippen molar-refractivity contribution >= 4 is 11.9 Å². The van der Waals surface area contributed by atoms with Gasteiger partial charge in [-0.2, -0.15) is 13.2 Å². The second-order valence-electron chi connectivity index (χ2n) is 3.92. The third kappa shape index (κ3) is 4.91. The largest absolute Gasteiger partial charge is 0.490 e. The molecular formula is C13H13F3O4. The van der Waals surface area contributed by atoms with Crippen LogP contribution < -0.4 is 0 Å². The van der Waals surface area contributed by atoms with E-state index in [-0.39, 0.29) is 12.8 Å². The van der Waals surface area contributed by atoms with E-state index < -0.39 is 24.2 Å². The zero-order valence-corrected chi connectivity index (χ0v) is 10.6. The van der Waals surface area contributed by atoms with Gasteiger partial charge in [-0.25, -0.2) is 4.79 Å². The fourth-order valence-corrected chi connectivity index (χ4v) is 1.51. The molecule has 0 bridgehead atoms. The third-order valence-corrected chi connectivity index (χ3v) is 2.49. The SMILES string of the molecule is COC(=O)CCC(OC(=O)C(F)(F)F)c1ccccc1. The quantitative estimate of drug-likeness (QED) is 0.782. The average Bonchev–Trinajstić information content (AvgIpc) is 2.42. The van der Waals surface area contributed by atoms with Crippen LogP contribution in [-0.4, -0.2) is 25.2 Å². The maximum absolute atomic E-state index is 12.2. The Morgan fingerprint density at radius 2 is 1.80 bits per heavy atom. The van der Waals surface area contributed by atoms with Crippen molar-refractivity contribution in [3.8, 4) is 0 Å². The van der Waals surface area contributed by atoms with Gasteiger partial charge in [0, 0.05) is 6.42 Å². The molecule has 0 heterocycles. The number of carbonyl (C=O) groups is 2. The fourth-order valence-electron chi connectivity index (χ4n) is 1.51. The maximum atomic E-state index is 12.2. The van der Waals surface area contributed by atoms with Crippen molar-refractivity contribution in [3.63, 3.8) is 0 Å². The molecular weight excluding hydrogens is 277 g/mol. The fraction of sp³-hybridized carbons (Fsp3) is 0.385. The van der Waals surface area contributed by atoms with E-state index in [4.69, 9.17) is 0 Å².